The van der Waals surface area contributed by atoms with Gasteiger partial charge in [0.25, 0.3) is 5.91 Å². The Morgan fingerprint density at radius 3 is 2.61 bits per heavy atom. The summed E-state index contributed by atoms with van der Waals surface area (Å²) in [6, 6.07) is 15.6. The number of benzene rings is 2. The fourth-order valence-corrected chi connectivity index (χ4v) is 6.07. The Balaban J connectivity index is 1.09. The number of hydrogen-bond acceptors (Lipinski definition) is 11. The standard InChI is InChI=1S/C32H36F2N8O4/c1-20-15-40(11-12-42(20)26-16-45-17-26)25-6-4-24(5-7-25)38-31-37-19-36-29(39-31)22-3-8-27(23(13-22)14-35)46-28-9-10-41(18-32(28,33)34)30(44)21(2)43/h3-8,13,19-21,26,28,43H,9-12,15-18H2,1-2H3,(H,36,37,38,39). The summed E-state index contributed by atoms with van der Waals surface area (Å²) in [4.78, 5) is 30.8. The minimum absolute atomic E-state index is 0.0000902. The van der Waals surface area contributed by atoms with Crippen molar-refractivity contribution in [2.24, 2.45) is 0 Å². The van der Waals surface area contributed by atoms with E-state index in [9.17, 15) is 23.9 Å². The SMILES string of the molecule is CC(O)C(=O)N1CCC(Oc2ccc(-c3ncnc(Nc4ccc(N5CCN(C6COC6)C(C)C5)cc4)n3)cc2C#N)C(F)(F)C1. The highest BCUT2D eigenvalue weighted by molar-refractivity contribution is 5.80. The molecule has 0 radical (unpaired) electrons. The molecule has 0 spiro atoms. The third-order valence-electron chi connectivity index (χ3n) is 8.66. The number of ether oxygens (including phenoxy) is 2. The van der Waals surface area contributed by atoms with Crippen LogP contribution in [0, 0.1) is 11.3 Å². The van der Waals surface area contributed by atoms with E-state index in [1.165, 1.54) is 25.4 Å². The van der Waals surface area contributed by atoms with E-state index in [0.717, 1.165) is 49.1 Å². The minimum Gasteiger partial charge on any atom is -0.483 e. The maximum Gasteiger partial charge on any atom is 0.301 e. The van der Waals surface area contributed by atoms with Crippen LogP contribution in [0.25, 0.3) is 11.4 Å². The molecule has 2 aromatic carbocycles. The Hall–Kier alpha value is -4.45. The number of nitriles is 1. The summed E-state index contributed by atoms with van der Waals surface area (Å²) >= 11 is 0. The second kappa shape index (κ2) is 13.1. The molecule has 0 saturated carbocycles. The third-order valence-corrected chi connectivity index (χ3v) is 8.66. The number of nitrogens with zero attached hydrogens (tertiary/aromatic N) is 7. The number of piperidine rings is 1. The van der Waals surface area contributed by atoms with E-state index in [1.807, 2.05) is 18.2 Å². The average Bonchev–Trinajstić information content (AvgIpc) is 3.02. The first-order valence-electron chi connectivity index (χ1n) is 15.3. The number of hydrogen-bond donors (Lipinski definition) is 2. The second-order valence-electron chi connectivity index (χ2n) is 11.9. The maximum atomic E-state index is 14.9. The molecule has 242 valence electrons. The fourth-order valence-electron chi connectivity index (χ4n) is 6.07. The number of nitrogens with one attached hydrogen (secondary N) is 1. The molecule has 0 bridgehead atoms. The van der Waals surface area contributed by atoms with Crippen LogP contribution in [0.5, 0.6) is 5.75 Å². The molecule has 1 aromatic heterocycles. The molecular weight excluding hydrogens is 598 g/mol. The zero-order valence-corrected chi connectivity index (χ0v) is 25.6. The Labute approximate surface area is 265 Å². The predicted molar refractivity (Wildman–Crippen MR) is 165 cm³/mol. The summed E-state index contributed by atoms with van der Waals surface area (Å²) < 4.78 is 40.8. The maximum absolute atomic E-state index is 14.9. The Morgan fingerprint density at radius 2 is 1.96 bits per heavy atom. The summed E-state index contributed by atoms with van der Waals surface area (Å²) in [5.74, 6) is -3.55. The molecule has 4 heterocycles. The fraction of sp³-hybridized carbons (Fsp3) is 0.469. The van der Waals surface area contributed by atoms with Gasteiger partial charge in [0, 0.05) is 55.6 Å². The summed E-state index contributed by atoms with van der Waals surface area (Å²) in [5.41, 5.74) is 2.46. The van der Waals surface area contributed by atoms with E-state index in [-0.39, 0.29) is 30.1 Å². The number of halogens is 2. The third kappa shape index (κ3) is 6.72. The molecule has 3 saturated heterocycles. The normalized spacial score (nSPS) is 22.4. The van der Waals surface area contributed by atoms with Gasteiger partial charge in [-0.3, -0.25) is 9.69 Å². The van der Waals surface area contributed by atoms with Gasteiger partial charge >= 0.3 is 5.92 Å². The van der Waals surface area contributed by atoms with Crippen molar-refractivity contribution in [3.63, 3.8) is 0 Å². The van der Waals surface area contributed by atoms with Crippen molar-refractivity contribution in [1.29, 1.82) is 5.26 Å². The molecule has 6 rings (SSSR count). The van der Waals surface area contributed by atoms with Crippen molar-refractivity contribution in [2.45, 2.75) is 50.5 Å². The van der Waals surface area contributed by atoms with Crippen LogP contribution in [0.1, 0.15) is 25.8 Å². The van der Waals surface area contributed by atoms with Crippen LogP contribution in [0.4, 0.5) is 26.1 Å². The van der Waals surface area contributed by atoms with E-state index in [2.05, 4.69) is 49.1 Å². The molecule has 46 heavy (non-hydrogen) atoms. The van der Waals surface area contributed by atoms with Crippen molar-refractivity contribution in [1.82, 2.24) is 24.8 Å². The number of aromatic nitrogens is 3. The molecule has 3 unspecified atom stereocenters. The van der Waals surface area contributed by atoms with Gasteiger partial charge in [-0.15, -0.1) is 0 Å². The van der Waals surface area contributed by atoms with E-state index in [0.29, 0.717) is 23.6 Å². The molecule has 0 aliphatic carbocycles. The Bertz CT molecular complexity index is 1600. The van der Waals surface area contributed by atoms with Gasteiger partial charge in [-0.1, -0.05) is 0 Å². The van der Waals surface area contributed by atoms with Crippen LogP contribution in [-0.2, 0) is 9.53 Å². The van der Waals surface area contributed by atoms with Crippen molar-refractivity contribution < 1.29 is 28.2 Å². The smallest absolute Gasteiger partial charge is 0.301 e. The van der Waals surface area contributed by atoms with Gasteiger partial charge in [-0.05, 0) is 56.3 Å². The van der Waals surface area contributed by atoms with Crippen LogP contribution in [0.3, 0.4) is 0 Å². The molecule has 3 fully saturated rings. The minimum atomic E-state index is -3.38. The summed E-state index contributed by atoms with van der Waals surface area (Å²) in [7, 11) is 0. The summed E-state index contributed by atoms with van der Waals surface area (Å²) in [6.45, 7) is 7.16. The van der Waals surface area contributed by atoms with Crippen LogP contribution in [0.2, 0.25) is 0 Å². The van der Waals surface area contributed by atoms with Gasteiger partial charge < -0.3 is 29.7 Å². The lowest BCUT2D eigenvalue weighted by Crippen LogP contribution is -2.60. The number of carbonyl (C=O) groups excluding carboxylic acids is 1. The number of amides is 1. The molecule has 12 nitrogen and oxygen atoms in total. The first-order valence-corrected chi connectivity index (χ1v) is 15.3. The number of piperazine rings is 1. The van der Waals surface area contributed by atoms with Crippen LogP contribution in [0.15, 0.2) is 48.8 Å². The zero-order chi connectivity index (χ0) is 32.4. The highest BCUT2D eigenvalue weighted by Crippen LogP contribution is 2.34. The summed E-state index contributed by atoms with van der Waals surface area (Å²) in [6.07, 6.45) is -1.72. The number of anilines is 3. The van der Waals surface area contributed by atoms with Crippen molar-refractivity contribution in [2.75, 3.05) is 56.2 Å². The molecule has 14 heteroatoms. The van der Waals surface area contributed by atoms with Crippen LogP contribution >= 0.6 is 0 Å². The molecule has 3 atom stereocenters. The number of aliphatic hydroxyl groups excluding tert-OH is 1. The lowest BCUT2D eigenvalue weighted by atomic mass is 10.0. The van der Waals surface area contributed by atoms with Crippen molar-refractivity contribution in [3.8, 4) is 23.2 Å². The predicted octanol–water partition coefficient (Wildman–Crippen LogP) is 3.06. The summed E-state index contributed by atoms with van der Waals surface area (Å²) in [5, 5.41) is 22.5. The van der Waals surface area contributed by atoms with Crippen LogP contribution in [-0.4, -0.2) is 112 Å². The number of aliphatic hydroxyl groups is 1. The topological polar surface area (TPSA) is 140 Å². The Morgan fingerprint density at radius 1 is 1.17 bits per heavy atom. The zero-order valence-electron chi connectivity index (χ0n) is 25.6. The number of alkyl halides is 2. The first-order chi connectivity index (χ1) is 22.1. The molecule has 3 aromatic rings. The largest absolute Gasteiger partial charge is 0.483 e. The lowest BCUT2D eigenvalue weighted by molar-refractivity contribution is -0.165. The van der Waals surface area contributed by atoms with E-state index in [1.54, 1.807) is 6.07 Å². The number of rotatable bonds is 8. The van der Waals surface area contributed by atoms with E-state index in [4.69, 9.17) is 9.47 Å². The average molecular weight is 635 g/mol. The molecule has 3 aliphatic rings. The van der Waals surface area contributed by atoms with E-state index < -0.39 is 30.6 Å². The number of carbonyl (C=O) groups is 1. The van der Waals surface area contributed by atoms with Gasteiger partial charge in [-0.2, -0.15) is 10.2 Å². The highest BCUT2D eigenvalue weighted by Gasteiger charge is 2.48. The van der Waals surface area contributed by atoms with Crippen LogP contribution < -0.4 is 15.0 Å². The Kier molecular flexibility index (Phi) is 8.99. The van der Waals surface area contributed by atoms with Gasteiger partial charge in [0.2, 0.25) is 5.95 Å². The first kappa shape index (κ1) is 31.5. The number of likely N-dealkylation sites (tertiary alicyclic amines) is 1. The molecule has 1 amide bonds. The van der Waals surface area contributed by atoms with Gasteiger partial charge in [0.05, 0.1) is 31.4 Å². The highest BCUT2D eigenvalue weighted by atomic mass is 19.3. The monoisotopic (exact) mass is 634 g/mol. The molecule has 2 N–H and O–H groups in total. The molecule has 3 aliphatic heterocycles. The van der Waals surface area contributed by atoms with Crippen molar-refractivity contribution >= 4 is 23.2 Å². The molecular formula is C32H36F2N8O4. The van der Waals surface area contributed by atoms with Gasteiger partial charge in [0.15, 0.2) is 11.9 Å². The second-order valence-corrected chi connectivity index (χ2v) is 11.9. The van der Waals surface area contributed by atoms with E-state index >= 15 is 0 Å². The quantitative estimate of drug-likeness (QED) is 0.378. The lowest BCUT2D eigenvalue weighted by Gasteiger charge is -2.47. The van der Waals surface area contributed by atoms with Gasteiger partial charge in [-0.25, -0.2) is 18.7 Å². The van der Waals surface area contributed by atoms with Gasteiger partial charge in [0.1, 0.15) is 24.3 Å². The van der Waals surface area contributed by atoms with Crippen molar-refractivity contribution in [3.05, 3.63) is 54.4 Å².